The van der Waals surface area contributed by atoms with Crippen LogP contribution in [-0.4, -0.2) is 27.7 Å². The Balaban J connectivity index is 2.03. The third-order valence-electron chi connectivity index (χ3n) is 2.14. The smallest absolute Gasteiger partial charge is 0.274 e. The average Bonchev–Trinajstić information content (AvgIpc) is 2.24. The first-order valence-electron chi connectivity index (χ1n) is 4.80. The highest BCUT2D eigenvalue weighted by Gasteiger charge is 2.22. The molecule has 0 saturated carbocycles. The highest BCUT2D eigenvalue weighted by molar-refractivity contribution is 7.87. The molecular weight excluding hydrogens is 268 g/mol. The molecule has 1 aliphatic rings. The van der Waals surface area contributed by atoms with E-state index < -0.39 is 16.3 Å². The number of nitrogens with one attached hydrogen (secondary N) is 1. The van der Waals surface area contributed by atoms with Gasteiger partial charge in [0.05, 0.1) is 6.54 Å². The molecule has 3 N–H and O–H groups in total. The normalized spacial score (nSPS) is 19.1. The van der Waals surface area contributed by atoms with Crippen molar-refractivity contribution in [1.82, 2.24) is 4.72 Å². The molecule has 2 rings (SSSR count). The molecule has 0 aromatic heterocycles. The molecule has 6 nitrogen and oxygen atoms in total. The number of halogens is 1. The van der Waals surface area contributed by atoms with Gasteiger partial charge in [-0.25, -0.2) is 5.14 Å². The maximum atomic E-state index is 10.7. The van der Waals surface area contributed by atoms with Crippen LogP contribution in [-0.2, 0) is 10.2 Å². The lowest BCUT2D eigenvalue weighted by molar-refractivity contribution is 0.0943. The quantitative estimate of drug-likeness (QED) is 0.830. The van der Waals surface area contributed by atoms with E-state index in [9.17, 15) is 8.42 Å². The van der Waals surface area contributed by atoms with E-state index in [1.165, 1.54) is 0 Å². The molecule has 17 heavy (non-hydrogen) atoms. The standard InChI is InChI=1S/C9H11ClN2O4S/c10-6-1-2-8-9(3-6)16-7(5-15-8)4-12-17(11,13)14/h1-3,7,12H,4-5H2,(H2,11,13,14). The summed E-state index contributed by atoms with van der Waals surface area (Å²) >= 11 is 5.81. The molecule has 0 saturated heterocycles. The summed E-state index contributed by atoms with van der Waals surface area (Å²) in [6.45, 7) is 0.294. The van der Waals surface area contributed by atoms with Crippen LogP contribution in [0.3, 0.4) is 0 Å². The van der Waals surface area contributed by atoms with Gasteiger partial charge < -0.3 is 9.47 Å². The van der Waals surface area contributed by atoms with Crippen LogP contribution in [0.2, 0.25) is 5.02 Å². The summed E-state index contributed by atoms with van der Waals surface area (Å²) in [7, 11) is -3.72. The third kappa shape index (κ3) is 3.47. The Kier molecular flexibility index (Phi) is 3.43. The van der Waals surface area contributed by atoms with Crippen LogP contribution < -0.4 is 19.3 Å². The number of hydrogen-bond acceptors (Lipinski definition) is 4. The first-order valence-corrected chi connectivity index (χ1v) is 6.73. The fourth-order valence-corrected chi connectivity index (χ4v) is 1.98. The fourth-order valence-electron chi connectivity index (χ4n) is 1.40. The summed E-state index contributed by atoms with van der Waals surface area (Å²) in [5.74, 6) is 1.08. The number of rotatable bonds is 3. The van der Waals surface area contributed by atoms with Crippen LogP contribution >= 0.6 is 11.6 Å². The Bertz CT molecular complexity index is 520. The van der Waals surface area contributed by atoms with Gasteiger partial charge in [-0.2, -0.15) is 13.1 Å². The molecule has 94 valence electrons. The average molecular weight is 279 g/mol. The van der Waals surface area contributed by atoms with Crippen molar-refractivity contribution in [3.63, 3.8) is 0 Å². The predicted octanol–water partition coefficient (Wildman–Crippen LogP) is 0.273. The molecular formula is C9H11ClN2O4S. The van der Waals surface area contributed by atoms with Crippen LogP contribution in [0.1, 0.15) is 0 Å². The van der Waals surface area contributed by atoms with Gasteiger partial charge in [-0.05, 0) is 12.1 Å². The van der Waals surface area contributed by atoms with Gasteiger partial charge in [-0.1, -0.05) is 11.6 Å². The van der Waals surface area contributed by atoms with Crippen molar-refractivity contribution in [3.05, 3.63) is 23.2 Å². The Morgan fingerprint density at radius 3 is 2.94 bits per heavy atom. The lowest BCUT2D eigenvalue weighted by atomic mass is 10.2. The largest absolute Gasteiger partial charge is 0.486 e. The molecule has 8 heteroatoms. The van der Waals surface area contributed by atoms with Gasteiger partial charge in [0.25, 0.3) is 10.2 Å². The summed E-state index contributed by atoms with van der Waals surface area (Å²) < 4.78 is 34.5. The minimum atomic E-state index is -3.72. The summed E-state index contributed by atoms with van der Waals surface area (Å²) in [5.41, 5.74) is 0. The minimum absolute atomic E-state index is 0.0464. The van der Waals surface area contributed by atoms with E-state index in [0.29, 0.717) is 16.5 Å². The Morgan fingerprint density at radius 1 is 1.47 bits per heavy atom. The zero-order chi connectivity index (χ0) is 12.5. The van der Waals surface area contributed by atoms with E-state index in [2.05, 4.69) is 4.72 Å². The second-order valence-corrected chi connectivity index (χ2v) is 5.35. The number of fused-ring (bicyclic) bond motifs is 1. The van der Waals surface area contributed by atoms with Gasteiger partial charge in [0.2, 0.25) is 0 Å². The molecule has 0 aliphatic carbocycles. The monoisotopic (exact) mass is 278 g/mol. The Morgan fingerprint density at radius 2 is 2.24 bits per heavy atom. The van der Waals surface area contributed by atoms with Crippen LogP contribution in [0, 0.1) is 0 Å². The second kappa shape index (κ2) is 4.69. The van der Waals surface area contributed by atoms with Crippen molar-refractivity contribution < 1.29 is 17.9 Å². The first kappa shape index (κ1) is 12.4. The minimum Gasteiger partial charge on any atom is -0.486 e. The van der Waals surface area contributed by atoms with E-state index in [1.54, 1.807) is 18.2 Å². The van der Waals surface area contributed by atoms with Crippen molar-refractivity contribution in [3.8, 4) is 11.5 Å². The van der Waals surface area contributed by atoms with Crippen molar-refractivity contribution in [1.29, 1.82) is 0 Å². The van der Waals surface area contributed by atoms with E-state index in [4.69, 9.17) is 26.2 Å². The maximum absolute atomic E-state index is 10.7. The molecule has 0 bridgehead atoms. The second-order valence-electron chi connectivity index (χ2n) is 3.54. The van der Waals surface area contributed by atoms with Crippen molar-refractivity contribution in [2.75, 3.05) is 13.2 Å². The summed E-state index contributed by atoms with van der Waals surface area (Å²) in [6.07, 6.45) is -0.431. The van der Waals surface area contributed by atoms with Gasteiger partial charge in [-0.15, -0.1) is 0 Å². The highest BCUT2D eigenvalue weighted by atomic mass is 35.5. The lowest BCUT2D eigenvalue weighted by Gasteiger charge is -2.26. The van der Waals surface area contributed by atoms with E-state index in [1.807, 2.05) is 0 Å². The molecule has 1 atom stereocenters. The summed E-state index contributed by atoms with van der Waals surface area (Å²) in [5, 5.41) is 5.34. The Labute approximate surface area is 104 Å². The number of benzene rings is 1. The van der Waals surface area contributed by atoms with E-state index >= 15 is 0 Å². The van der Waals surface area contributed by atoms with Gasteiger partial charge in [-0.3, -0.25) is 0 Å². The lowest BCUT2D eigenvalue weighted by Crippen LogP contribution is -2.42. The van der Waals surface area contributed by atoms with Gasteiger partial charge in [0, 0.05) is 11.1 Å². The zero-order valence-corrected chi connectivity index (χ0v) is 10.3. The van der Waals surface area contributed by atoms with Crippen LogP contribution in [0.25, 0.3) is 0 Å². The molecule has 0 radical (unpaired) electrons. The highest BCUT2D eigenvalue weighted by Crippen LogP contribution is 2.33. The third-order valence-corrected chi connectivity index (χ3v) is 2.94. The van der Waals surface area contributed by atoms with Crippen molar-refractivity contribution in [2.24, 2.45) is 5.14 Å². The van der Waals surface area contributed by atoms with Crippen LogP contribution in [0.15, 0.2) is 18.2 Å². The molecule has 1 aliphatic heterocycles. The molecule has 0 spiro atoms. The summed E-state index contributed by atoms with van der Waals surface area (Å²) in [6, 6.07) is 4.99. The van der Waals surface area contributed by atoms with E-state index in [0.717, 1.165) is 0 Å². The molecule has 1 aromatic carbocycles. The number of ether oxygens (including phenoxy) is 2. The molecule has 0 fully saturated rings. The molecule has 0 amide bonds. The topological polar surface area (TPSA) is 90.7 Å². The molecule has 1 unspecified atom stereocenters. The molecule has 1 heterocycles. The van der Waals surface area contributed by atoms with Crippen molar-refractivity contribution in [2.45, 2.75) is 6.10 Å². The van der Waals surface area contributed by atoms with Crippen molar-refractivity contribution >= 4 is 21.8 Å². The number of hydrogen-bond donors (Lipinski definition) is 2. The predicted molar refractivity (Wildman–Crippen MR) is 62.5 cm³/mol. The molecule has 1 aromatic rings. The zero-order valence-electron chi connectivity index (χ0n) is 8.72. The fraction of sp³-hybridized carbons (Fsp3) is 0.333. The summed E-state index contributed by atoms with van der Waals surface area (Å²) in [4.78, 5) is 0. The maximum Gasteiger partial charge on any atom is 0.274 e. The SMILES string of the molecule is NS(=O)(=O)NCC1COc2ccc(Cl)cc2O1. The van der Waals surface area contributed by atoms with Gasteiger partial charge in [0.1, 0.15) is 12.7 Å². The number of nitrogens with two attached hydrogens (primary N) is 1. The van der Waals surface area contributed by atoms with Crippen LogP contribution in [0.5, 0.6) is 11.5 Å². The van der Waals surface area contributed by atoms with Gasteiger partial charge >= 0.3 is 0 Å². The van der Waals surface area contributed by atoms with Gasteiger partial charge in [0.15, 0.2) is 11.5 Å². The van der Waals surface area contributed by atoms with E-state index in [-0.39, 0.29) is 13.2 Å². The first-order chi connectivity index (χ1) is 7.94. The Hall–Kier alpha value is -1.02. The van der Waals surface area contributed by atoms with Crippen LogP contribution in [0.4, 0.5) is 0 Å².